The first kappa shape index (κ1) is 26.9. The Balaban J connectivity index is 2.45. The van der Waals surface area contributed by atoms with E-state index in [1.807, 2.05) is 0 Å². The van der Waals surface area contributed by atoms with Crippen molar-refractivity contribution in [3.63, 3.8) is 0 Å². The molecule has 0 aromatic heterocycles. The van der Waals surface area contributed by atoms with Crippen molar-refractivity contribution in [1.82, 2.24) is 0 Å². The van der Waals surface area contributed by atoms with Crippen LogP contribution in [-0.4, -0.2) is 83.9 Å². The first-order valence-electron chi connectivity index (χ1n) is 11.1. The highest BCUT2D eigenvalue weighted by Gasteiger charge is 2.43. The first-order chi connectivity index (χ1) is 14.2. The Morgan fingerprint density at radius 3 is 2.47 bits per heavy atom. The van der Waals surface area contributed by atoms with Crippen molar-refractivity contribution in [2.24, 2.45) is 4.99 Å². The predicted molar refractivity (Wildman–Crippen MR) is 118 cm³/mol. The lowest BCUT2D eigenvalue weighted by Crippen LogP contribution is -2.59. The van der Waals surface area contributed by atoms with Crippen LogP contribution in [0.4, 0.5) is 0 Å². The number of rotatable bonds is 17. The average molecular weight is 448 g/mol. The minimum atomic E-state index is -4.33. The van der Waals surface area contributed by atoms with Gasteiger partial charge in [0.05, 0.1) is 13.2 Å². The quantitative estimate of drug-likeness (QED) is 0.136. The summed E-state index contributed by atoms with van der Waals surface area (Å²) in [6.07, 6.45) is 12.0. The van der Waals surface area contributed by atoms with Crippen molar-refractivity contribution >= 4 is 21.7 Å². The van der Waals surface area contributed by atoms with Gasteiger partial charge in [-0.15, -0.1) is 0 Å². The van der Waals surface area contributed by atoms with Gasteiger partial charge in [-0.05, 0) is 25.7 Å². The van der Waals surface area contributed by atoms with Crippen molar-refractivity contribution in [2.75, 3.05) is 38.5 Å². The molecule has 1 aliphatic heterocycles. The first-order valence-corrected chi connectivity index (χ1v) is 12.7. The number of amidine groups is 1. The number of aliphatic imine (C=N–C) groups is 1. The van der Waals surface area contributed by atoms with Gasteiger partial charge in [-0.2, -0.15) is 8.42 Å². The molecule has 1 aliphatic rings. The lowest BCUT2D eigenvalue weighted by Gasteiger charge is -2.34. The van der Waals surface area contributed by atoms with Crippen LogP contribution in [0.15, 0.2) is 17.1 Å². The fourth-order valence-corrected chi connectivity index (χ4v) is 4.58. The molecule has 0 spiro atoms. The molecule has 174 valence electrons. The molecule has 0 saturated carbocycles. The third-order valence-corrected chi connectivity index (χ3v) is 6.21. The number of aliphatic hydroxyl groups excluding tert-OH is 2. The molecule has 2 atom stereocenters. The van der Waals surface area contributed by atoms with Gasteiger partial charge in [-0.1, -0.05) is 44.8 Å². The molecule has 0 fully saturated rings. The Morgan fingerprint density at radius 1 is 1.17 bits per heavy atom. The maximum atomic E-state index is 12.8. The third-order valence-electron chi connectivity index (χ3n) is 5.41. The van der Waals surface area contributed by atoms with Gasteiger partial charge in [-0.3, -0.25) is 13.8 Å². The third kappa shape index (κ3) is 10.3. The van der Waals surface area contributed by atoms with Gasteiger partial charge in [0.2, 0.25) is 5.78 Å². The van der Waals surface area contributed by atoms with Gasteiger partial charge >= 0.3 is 0 Å². The molecule has 0 aromatic carbocycles. The average Bonchev–Trinajstić information content (AvgIpc) is 3.04. The largest absolute Gasteiger partial charge is 0.390 e. The van der Waals surface area contributed by atoms with Crippen molar-refractivity contribution in [3.05, 3.63) is 12.2 Å². The van der Waals surface area contributed by atoms with E-state index in [4.69, 9.17) is 4.55 Å². The summed E-state index contributed by atoms with van der Waals surface area (Å²) >= 11 is 0. The second-order valence-corrected chi connectivity index (χ2v) is 9.57. The van der Waals surface area contributed by atoms with Gasteiger partial charge in [0, 0.05) is 6.42 Å². The summed E-state index contributed by atoms with van der Waals surface area (Å²) in [4.78, 5) is 17.1. The summed E-state index contributed by atoms with van der Waals surface area (Å²) in [7, 11) is -4.33. The van der Waals surface area contributed by atoms with Crippen molar-refractivity contribution in [3.8, 4) is 0 Å². The van der Waals surface area contributed by atoms with Crippen LogP contribution in [0.3, 0.4) is 0 Å². The molecule has 30 heavy (non-hydrogen) atoms. The second-order valence-electron chi connectivity index (χ2n) is 8.07. The number of allylic oxidation sites excluding steroid dienone is 2. The number of quaternary nitrogens is 1. The van der Waals surface area contributed by atoms with E-state index >= 15 is 0 Å². The molecule has 1 heterocycles. The zero-order valence-corrected chi connectivity index (χ0v) is 19.0. The number of unbranched alkanes of at least 4 members (excludes halogenated alkanes) is 6. The molecule has 1 rings (SSSR count). The molecule has 0 aromatic rings. The van der Waals surface area contributed by atoms with Gasteiger partial charge in [-0.25, -0.2) is 4.99 Å². The number of carbonyl (C=O) groups is 1. The summed E-state index contributed by atoms with van der Waals surface area (Å²) in [5, 5.41) is 19.6. The molecule has 0 radical (unpaired) electrons. The van der Waals surface area contributed by atoms with E-state index in [1.54, 1.807) is 0 Å². The van der Waals surface area contributed by atoms with Crippen molar-refractivity contribution in [2.45, 2.75) is 70.8 Å². The van der Waals surface area contributed by atoms with E-state index in [0.717, 1.165) is 38.5 Å². The van der Waals surface area contributed by atoms with E-state index < -0.39 is 22.0 Å². The smallest absolute Gasteiger partial charge is 0.267 e. The molecule has 3 N–H and O–H groups in total. The Labute approximate surface area is 181 Å². The number of ketones is 1. The molecule has 9 heteroatoms. The van der Waals surface area contributed by atoms with Crippen molar-refractivity contribution < 1.29 is 32.5 Å². The van der Waals surface area contributed by atoms with Gasteiger partial charge in [0.15, 0.2) is 0 Å². The van der Waals surface area contributed by atoms with Crippen LogP contribution in [-0.2, 0) is 14.9 Å². The number of Topliss-reactive ketones (excluding diaryl/α,β-unsaturated/α-hetero) is 1. The van der Waals surface area contributed by atoms with Gasteiger partial charge in [0.1, 0.15) is 31.5 Å². The number of hydrogen-bond acceptors (Lipinski definition) is 6. The van der Waals surface area contributed by atoms with Crippen LogP contribution in [0.25, 0.3) is 0 Å². The summed E-state index contributed by atoms with van der Waals surface area (Å²) in [5.74, 6) is -0.598. The minimum absolute atomic E-state index is 0.0305. The monoisotopic (exact) mass is 447 g/mol. The number of hydrogen-bond donors (Lipinski definition) is 3. The van der Waals surface area contributed by atoms with E-state index in [1.165, 1.54) is 12.8 Å². The van der Waals surface area contributed by atoms with Crippen LogP contribution in [0.1, 0.15) is 64.7 Å². The Kier molecular flexibility index (Phi) is 12.6. The van der Waals surface area contributed by atoms with Gasteiger partial charge < -0.3 is 10.2 Å². The highest BCUT2D eigenvalue weighted by atomic mass is 32.2. The number of aliphatic hydroxyl groups is 2. The van der Waals surface area contributed by atoms with E-state index in [2.05, 4.69) is 24.1 Å². The Hall–Kier alpha value is -1.13. The summed E-state index contributed by atoms with van der Waals surface area (Å²) < 4.78 is 31.0. The van der Waals surface area contributed by atoms with Crippen LogP contribution in [0.2, 0.25) is 0 Å². The molecule has 8 nitrogen and oxygen atoms in total. The molecule has 0 amide bonds. The van der Waals surface area contributed by atoms with Crippen LogP contribution in [0.5, 0.6) is 0 Å². The van der Waals surface area contributed by atoms with Gasteiger partial charge in [0.25, 0.3) is 16.0 Å². The molecule has 0 saturated heterocycles. The Morgan fingerprint density at radius 2 is 1.83 bits per heavy atom. The van der Waals surface area contributed by atoms with Crippen LogP contribution in [0, 0.1) is 0 Å². The summed E-state index contributed by atoms with van der Waals surface area (Å²) in [6.45, 7) is 2.85. The maximum Gasteiger partial charge on any atom is 0.267 e. The van der Waals surface area contributed by atoms with E-state index in [-0.39, 0.29) is 30.0 Å². The molecule has 2 unspecified atom stereocenters. The highest BCUT2D eigenvalue weighted by Crippen LogP contribution is 2.20. The summed E-state index contributed by atoms with van der Waals surface area (Å²) in [6, 6.07) is 0. The molecular formula is C21H39N2O6S+. The lowest BCUT2D eigenvalue weighted by molar-refractivity contribution is -0.837. The van der Waals surface area contributed by atoms with Crippen LogP contribution < -0.4 is 0 Å². The number of nitrogens with zero attached hydrogens (tertiary/aromatic N) is 2. The molecule has 0 aliphatic carbocycles. The molecule has 0 bridgehead atoms. The maximum absolute atomic E-state index is 12.8. The minimum Gasteiger partial charge on any atom is -0.390 e. The topological polar surface area (TPSA) is 124 Å². The molecular weight excluding hydrogens is 408 g/mol. The summed E-state index contributed by atoms with van der Waals surface area (Å²) in [5.41, 5.74) is 0. The van der Waals surface area contributed by atoms with Crippen LogP contribution >= 0.6 is 0 Å². The number of carbonyl (C=O) groups excluding carboxylic acids is 1. The van der Waals surface area contributed by atoms with Crippen molar-refractivity contribution in [1.29, 1.82) is 0 Å². The fraction of sp³-hybridized carbons (Fsp3) is 0.810. The predicted octanol–water partition coefficient (Wildman–Crippen LogP) is 2.11. The SMILES string of the molecule is CC/C=C/CCCCCCCCC(=O)C1=NCC[N+]1(CCO)CC(O)CS(=O)(=O)O. The highest BCUT2D eigenvalue weighted by molar-refractivity contribution is 7.85. The van der Waals surface area contributed by atoms with E-state index in [0.29, 0.717) is 25.3 Å². The zero-order valence-electron chi connectivity index (χ0n) is 18.2. The van der Waals surface area contributed by atoms with E-state index in [9.17, 15) is 23.4 Å². The fourth-order valence-electron chi connectivity index (χ4n) is 3.98. The zero-order chi connectivity index (χ0) is 22.5. The normalized spacial score (nSPS) is 20.6. The second kappa shape index (κ2) is 14.0. The standard InChI is InChI=1S/C21H38N2O6S/c1-2-3-4-5-6-7-8-9-10-11-12-20(26)21-22-13-14-23(21,15-16-24)17-19(25)18-30(27,28)29/h3-4,19,24-25H,2,5-18H2,1H3/p+1/b4-3+. The lowest BCUT2D eigenvalue weighted by atomic mass is 10.1. The Bertz CT molecular complexity index is 677.